The van der Waals surface area contributed by atoms with Crippen molar-refractivity contribution in [3.8, 4) is 0 Å². The lowest BCUT2D eigenvalue weighted by molar-refractivity contribution is -0.119. The van der Waals surface area contributed by atoms with Crippen LogP contribution in [0.4, 0.5) is 0 Å². The van der Waals surface area contributed by atoms with Crippen LogP contribution in [0.1, 0.15) is 42.7 Å². The molecule has 1 aromatic rings. The number of amides is 1. The number of rotatable bonds is 3. The number of ketones is 1. The normalized spacial score (nSPS) is 12.0. The van der Waals surface area contributed by atoms with Crippen LogP contribution in [0.3, 0.4) is 0 Å². The number of hydrogen-bond donors (Lipinski definition) is 1. The lowest BCUT2D eigenvalue weighted by Gasteiger charge is -2.15. The van der Waals surface area contributed by atoms with Gasteiger partial charge in [0.25, 0.3) is 0 Å². The fraction of sp³-hybridized carbons (Fsp3) is 0.333. The highest BCUT2D eigenvalue weighted by Gasteiger charge is 2.12. The van der Waals surface area contributed by atoms with E-state index in [1.54, 1.807) is 18.2 Å². The van der Waals surface area contributed by atoms with Gasteiger partial charge in [-0.3, -0.25) is 9.59 Å². The second-order valence-corrected chi connectivity index (χ2v) is 4.12. The van der Waals surface area contributed by atoms with Gasteiger partial charge >= 0.3 is 0 Å². The summed E-state index contributed by atoms with van der Waals surface area (Å²) in [6.45, 7) is 4.77. The zero-order valence-corrected chi connectivity index (χ0v) is 10.3. The average molecular weight is 240 g/mol. The number of halogens is 1. The van der Waals surface area contributed by atoms with Gasteiger partial charge < -0.3 is 5.32 Å². The number of carbonyl (C=O) groups is 2. The summed E-state index contributed by atoms with van der Waals surface area (Å²) in [5.41, 5.74) is 1.35. The Hall–Kier alpha value is -1.35. The largest absolute Gasteiger partial charge is 0.350 e. The lowest BCUT2D eigenvalue weighted by Crippen LogP contribution is -2.24. The summed E-state index contributed by atoms with van der Waals surface area (Å²) < 4.78 is 0. The molecule has 0 radical (unpaired) electrons. The van der Waals surface area contributed by atoms with Crippen molar-refractivity contribution in [3.05, 3.63) is 34.3 Å². The molecule has 0 aliphatic rings. The Balaban J connectivity index is 3.06. The van der Waals surface area contributed by atoms with Gasteiger partial charge in [-0.1, -0.05) is 11.6 Å². The molecule has 0 fully saturated rings. The monoisotopic (exact) mass is 239 g/mol. The molecule has 86 valence electrons. The number of Topliss-reactive ketones (excluding diaryl/α,β-unsaturated/α-hetero) is 1. The maximum Gasteiger partial charge on any atom is 0.217 e. The Morgan fingerprint density at radius 1 is 1.31 bits per heavy atom. The third-order valence-corrected chi connectivity index (χ3v) is 2.63. The highest BCUT2D eigenvalue weighted by atomic mass is 35.5. The molecular weight excluding hydrogens is 226 g/mol. The van der Waals surface area contributed by atoms with E-state index < -0.39 is 0 Å². The summed E-state index contributed by atoms with van der Waals surface area (Å²) >= 11 is 6.02. The van der Waals surface area contributed by atoms with Crippen molar-refractivity contribution in [1.82, 2.24) is 5.32 Å². The molecule has 1 rings (SSSR count). The predicted molar refractivity (Wildman–Crippen MR) is 63.7 cm³/mol. The van der Waals surface area contributed by atoms with Crippen molar-refractivity contribution in [2.75, 3.05) is 0 Å². The molecular formula is C12H14ClNO2. The van der Waals surface area contributed by atoms with E-state index >= 15 is 0 Å². The van der Waals surface area contributed by atoms with E-state index in [1.807, 2.05) is 6.92 Å². The van der Waals surface area contributed by atoms with E-state index in [0.29, 0.717) is 10.6 Å². The van der Waals surface area contributed by atoms with Gasteiger partial charge in [0.1, 0.15) is 0 Å². The first-order chi connectivity index (χ1) is 7.41. The van der Waals surface area contributed by atoms with Gasteiger partial charge in [0.15, 0.2) is 5.78 Å². The third-order valence-electron chi connectivity index (χ3n) is 2.29. The molecule has 0 spiro atoms. The summed E-state index contributed by atoms with van der Waals surface area (Å²) in [5, 5.41) is 3.28. The summed E-state index contributed by atoms with van der Waals surface area (Å²) in [6.07, 6.45) is 0. The smallest absolute Gasteiger partial charge is 0.217 e. The maximum absolute atomic E-state index is 11.2. The van der Waals surface area contributed by atoms with Crippen molar-refractivity contribution in [3.63, 3.8) is 0 Å². The van der Waals surface area contributed by atoms with Gasteiger partial charge in [0.05, 0.1) is 6.04 Å². The Labute approximate surface area is 99.8 Å². The molecule has 3 nitrogen and oxygen atoms in total. The van der Waals surface area contributed by atoms with Crippen LogP contribution in [-0.4, -0.2) is 11.7 Å². The Kier molecular flexibility index (Phi) is 4.07. The van der Waals surface area contributed by atoms with Crippen LogP contribution < -0.4 is 5.32 Å². The van der Waals surface area contributed by atoms with Gasteiger partial charge in [0.2, 0.25) is 5.91 Å². The van der Waals surface area contributed by atoms with E-state index in [0.717, 1.165) is 5.56 Å². The molecule has 1 aromatic carbocycles. The van der Waals surface area contributed by atoms with Crippen molar-refractivity contribution < 1.29 is 9.59 Å². The molecule has 0 aliphatic heterocycles. The van der Waals surface area contributed by atoms with E-state index in [1.165, 1.54) is 13.8 Å². The molecule has 1 N–H and O–H groups in total. The van der Waals surface area contributed by atoms with E-state index in [2.05, 4.69) is 5.32 Å². The van der Waals surface area contributed by atoms with Gasteiger partial charge in [0, 0.05) is 17.5 Å². The molecule has 1 amide bonds. The van der Waals surface area contributed by atoms with E-state index in [4.69, 9.17) is 11.6 Å². The quantitative estimate of drug-likeness (QED) is 0.825. The number of nitrogens with one attached hydrogen (secondary N) is 1. The third kappa shape index (κ3) is 3.07. The van der Waals surface area contributed by atoms with Crippen LogP contribution in [0.15, 0.2) is 18.2 Å². The summed E-state index contributed by atoms with van der Waals surface area (Å²) in [7, 11) is 0. The van der Waals surface area contributed by atoms with Gasteiger partial charge in [-0.05, 0) is 37.6 Å². The highest BCUT2D eigenvalue weighted by molar-refractivity contribution is 6.31. The maximum atomic E-state index is 11.2. The Morgan fingerprint density at radius 3 is 2.44 bits per heavy atom. The molecule has 0 heterocycles. The number of benzene rings is 1. The van der Waals surface area contributed by atoms with Gasteiger partial charge in [-0.25, -0.2) is 0 Å². The fourth-order valence-electron chi connectivity index (χ4n) is 1.48. The fourth-order valence-corrected chi connectivity index (χ4v) is 1.76. The number of hydrogen-bond acceptors (Lipinski definition) is 2. The zero-order chi connectivity index (χ0) is 12.3. The second-order valence-electron chi connectivity index (χ2n) is 3.71. The average Bonchev–Trinajstić information content (AvgIpc) is 2.16. The SMILES string of the molecule is CC(=O)NC(C)c1cc(C(C)=O)ccc1Cl. The van der Waals surface area contributed by atoms with E-state index in [-0.39, 0.29) is 17.7 Å². The van der Waals surface area contributed by atoms with E-state index in [9.17, 15) is 9.59 Å². The summed E-state index contributed by atoms with van der Waals surface area (Å²) in [4.78, 5) is 22.2. The molecule has 0 bridgehead atoms. The second kappa shape index (κ2) is 5.12. The standard InChI is InChI=1S/C12H14ClNO2/c1-7(14-9(3)16)11-6-10(8(2)15)4-5-12(11)13/h4-7H,1-3H3,(H,14,16). The van der Waals surface area contributed by atoms with Crippen molar-refractivity contribution in [1.29, 1.82) is 0 Å². The molecule has 0 saturated carbocycles. The summed E-state index contributed by atoms with van der Waals surface area (Å²) in [5.74, 6) is -0.148. The van der Waals surface area contributed by atoms with Crippen molar-refractivity contribution >= 4 is 23.3 Å². The molecule has 0 aromatic heterocycles. The predicted octanol–water partition coefficient (Wildman–Crippen LogP) is 2.74. The van der Waals surface area contributed by atoms with Crippen LogP contribution in [0.25, 0.3) is 0 Å². The van der Waals surface area contributed by atoms with Crippen LogP contribution >= 0.6 is 11.6 Å². The number of carbonyl (C=O) groups excluding carboxylic acids is 2. The van der Waals surface area contributed by atoms with Gasteiger partial charge in [-0.15, -0.1) is 0 Å². The summed E-state index contributed by atoms with van der Waals surface area (Å²) in [6, 6.07) is 4.86. The minimum absolute atomic E-state index is 0.0204. The Morgan fingerprint density at radius 2 is 1.94 bits per heavy atom. The van der Waals surface area contributed by atoms with Crippen molar-refractivity contribution in [2.45, 2.75) is 26.8 Å². The van der Waals surface area contributed by atoms with Crippen LogP contribution in [0, 0.1) is 0 Å². The topological polar surface area (TPSA) is 46.2 Å². The Bertz CT molecular complexity index is 429. The van der Waals surface area contributed by atoms with Crippen LogP contribution in [0.2, 0.25) is 5.02 Å². The molecule has 1 unspecified atom stereocenters. The first kappa shape index (κ1) is 12.7. The van der Waals surface area contributed by atoms with Gasteiger partial charge in [-0.2, -0.15) is 0 Å². The molecule has 0 aliphatic carbocycles. The minimum atomic E-state index is -0.204. The first-order valence-corrected chi connectivity index (χ1v) is 5.37. The van der Waals surface area contributed by atoms with Crippen molar-refractivity contribution in [2.24, 2.45) is 0 Å². The molecule has 4 heteroatoms. The lowest BCUT2D eigenvalue weighted by atomic mass is 10.0. The van der Waals surface area contributed by atoms with Crippen LogP contribution in [0.5, 0.6) is 0 Å². The highest BCUT2D eigenvalue weighted by Crippen LogP contribution is 2.24. The minimum Gasteiger partial charge on any atom is -0.350 e. The molecule has 1 atom stereocenters. The molecule has 16 heavy (non-hydrogen) atoms. The first-order valence-electron chi connectivity index (χ1n) is 4.99. The molecule has 0 saturated heterocycles. The van der Waals surface area contributed by atoms with Crippen LogP contribution in [-0.2, 0) is 4.79 Å². The zero-order valence-electron chi connectivity index (χ0n) is 9.50.